The highest BCUT2D eigenvalue weighted by Crippen LogP contribution is 1.70. The molecule has 0 aliphatic rings. The maximum absolute atomic E-state index is 9.55. The molecule has 0 unspecified atom stereocenters. The molecule has 0 bridgehead atoms. The van der Waals surface area contributed by atoms with Gasteiger partial charge in [-0.3, -0.25) is 4.79 Å². The SMILES string of the molecule is CC(=O)O.O=C(O)/C=C\C(=O)O. The van der Waals surface area contributed by atoms with Gasteiger partial charge in [-0.2, -0.15) is 0 Å². The highest BCUT2D eigenvalue weighted by molar-refractivity contribution is 5.89. The van der Waals surface area contributed by atoms with Crippen molar-refractivity contribution in [3.05, 3.63) is 12.2 Å². The summed E-state index contributed by atoms with van der Waals surface area (Å²) in [6, 6.07) is 0. The summed E-state index contributed by atoms with van der Waals surface area (Å²) in [7, 11) is 0. The Kier molecular flexibility index (Phi) is 7.74. The first-order valence-electron chi connectivity index (χ1n) is 2.69. The summed E-state index contributed by atoms with van der Waals surface area (Å²) in [6.45, 7) is 1.08. The predicted octanol–water partition coefficient (Wildman–Crippen LogP) is -0.197. The standard InChI is InChI=1S/C4H4O4.C2H4O2/c5-3(6)1-2-4(7)8;1-2(3)4/h1-2H,(H,5,6)(H,7,8);1H3,(H,3,4)/b2-1-;. The third kappa shape index (κ3) is 42.0. The molecule has 0 aliphatic carbocycles. The van der Waals surface area contributed by atoms with Crippen molar-refractivity contribution >= 4 is 17.9 Å². The normalized spacial score (nSPS) is 8.42. The molecule has 0 spiro atoms. The Labute approximate surface area is 67.7 Å². The zero-order chi connectivity index (χ0) is 10.1. The van der Waals surface area contributed by atoms with Crippen LogP contribution in [0.4, 0.5) is 0 Å². The van der Waals surface area contributed by atoms with E-state index in [1.54, 1.807) is 0 Å². The van der Waals surface area contributed by atoms with Crippen molar-refractivity contribution in [1.29, 1.82) is 0 Å². The second-order valence-corrected chi connectivity index (χ2v) is 1.53. The van der Waals surface area contributed by atoms with E-state index in [1.165, 1.54) is 0 Å². The van der Waals surface area contributed by atoms with Gasteiger partial charge in [-0.1, -0.05) is 0 Å². The van der Waals surface area contributed by atoms with Crippen molar-refractivity contribution < 1.29 is 29.7 Å². The van der Waals surface area contributed by atoms with Gasteiger partial charge >= 0.3 is 11.9 Å². The zero-order valence-electron chi connectivity index (χ0n) is 6.22. The number of carboxylic acids is 3. The molecule has 3 N–H and O–H groups in total. The van der Waals surface area contributed by atoms with Crippen LogP contribution >= 0.6 is 0 Å². The Morgan fingerprint density at radius 1 is 0.917 bits per heavy atom. The lowest BCUT2D eigenvalue weighted by molar-refractivity contribution is -0.134. The Morgan fingerprint density at radius 2 is 1.08 bits per heavy atom. The largest absolute Gasteiger partial charge is 0.481 e. The minimum absolute atomic E-state index is 0.558. The molecular weight excluding hydrogens is 168 g/mol. The van der Waals surface area contributed by atoms with Gasteiger partial charge in [0.25, 0.3) is 5.97 Å². The fourth-order valence-electron chi connectivity index (χ4n) is 0.143. The van der Waals surface area contributed by atoms with Crippen LogP contribution in [0.1, 0.15) is 6.92 Å². The van der Waals surface area contributed by atoms with Crippen molar-refractivity contribution in [2.75, 3.05) is 0 Å². The lowest BCUT2D eigenvalue weighted by Crippen LogP contribution is -1.91. The summed E-state index contributed by atoms with van der Waals surface area (Å²) in [4.78, 5) is 28.1. The first-order chi connectivity index (χ1) is 5.36. The molecule has 0 aliphatic heterocycles. The van der Waals surface area contributed by atoms with E-state index < -0.39 is 17.9 Å². The molecule has 0 amide bonds. The Hall–Kier alpha value is -1.85. The van der Waals surface area contributed by atoms with Gasteiger partial charge in [0.15, 0.2) is 0 Å². The van der Waals surface area contributed by atoms with Gasteiger partial charge < -0.3 is 15.3 Å². The average molecular weight is 176 g/mol. The van der Waals surface area contributed by atoms with Gasteiger partial charge in [0.1, 0.15) is 0 Å². The third-order valence-electron chi connectivity index (χ3n) is 0.368. The number of carboxylic acid groups (broad SMARTS) is 3. The minimum Gasteiger partial charge on any atom is -0.481 e. The van der Waals surface area contributed by atoms with Crippen LogP contribution in [0.2, 0.25) is 0 Å². The highest BCUT2D eigenvalue weighted by Gasteiger charge is 1.88. The molecule has 0 fully saturated rings. The summed E-state index contributed by atoms with van der Waals surface area (Å²) in [5.74, 6) is -3.35. The second kappa shape index (κ2) is 7.26. The number of aliphatic carboxylic acids is 3. The van der Waals surface area contributed by atoms with Crippen molar-refractivity contribution in [3.8, 4) is 0 Å². The molecule has 0 atom stereocenters. The summed E-state index contributed by atoms with van der Waals surface area (Å²) < 4.78 is 0. The molecule has 0 rings (SSSR count). The summed E-state index contributed by atoms with van der Waals surface area (Å²) in [5, 5.41) is 23.0. The summed E-state index contributed by atoms with van der Waals surface area (Å²) in [5.41, 5.74) is 0. The molecule has 0 radical (unpaired) electrons. The predicted molar refractivity (Wildman–Crippen MR) is 37.7 cm³/mol. The van der Waals surface area contributed by atoms with Crippen molar-refractivity contribution in [2.24, 2.45) is 0 Å². The van der Waals surface area contributed by atoms with Crippen LogP contribution in [0.5, 0.6) is 0 Å². The fourth-order valence-corrected chi connectivity index (χ4v) is 0.143. The number of carbonyl (C=O) groups is 3. The van der Waals surface area contributed by atoms with E-state index in [0.717, 1.165) is 6.92 Å². The molecule has 0 aromatic carbocycles. The van der Waals surface area contributed by atoms with E-state index in [0.29, 0.717) is 12.2 Å². The topological polar surface area (TPSA) is 112 Å². The monoisotopic (exact) mass is 176 g/mol. The summed E-state index contributed by atoms with van der Waals surface area (Å²) in [6.07, 6.45) is 1.12. The van der Waals surface area contributed by atoms with Gasteiger partial charge in [0.2, 0.25) is 0 Å². The van der Waals surface area contributed by atoms with Crippen LogP contribution in [0.25, 0.3) is 0 Å². The first kappa shape index (κ1) is 12.8. The zero-order valence-corrected chi connectivity index (χ0v) is 6.22. The smallest absolute Gasteiger partial charge is 0.328 e. The van der Waals surface area contributed by atoms with Gasteiger partial charge in [0, 0.05) is 19.1 Å². The maximum Gasteiger partial charge on any atom is 0.328 e. The van der Waals surface area contributed by atoms with E-state index in [2.05, 4.69) is 0 Å². The average Bonchev–Trinajstić information content (AvgIpc) is 1.82. The van der Waals surface area contributed by atoms with E-state index in [9.17, 15) is 9.59 Å². The van der Waals surface area contributed by atoms with E-state index in [-0.39, 0.29) is 0 Å². The molecule has 6 heteroatoms. The van der Waals surface area contributed by atoms with Crippen LogP contribution in [0.3, 0.4) is 0 Å². The highest BCUT2D eigenvalue weighted by atomic mass is 16.4. The van der Waals surface area contributed by atoms with Crippen LogP contribution < -0.4 is 0 Å². The van der Waals surface area contributed by atoms with E-state index >= 15 is 0 Å². The number of hydrogen-bond acceptors (Lipinski definition) is 3. The molecular formula is C6H8O6. The van der Waals surface area contributed by atoms with Gasteiger partial charge in [-0.15, -0.1) is 0 Å². The third-order valence-corrected chi connectivity index (χ3v) is 0.368. The molecule has 0 aromatic rings. The van der Waals surface area contributed by atoms with Crippen molar-refractivity contribution in [1.82, 2.24) is 0 Å². The summed E-state index contributed by atoms with van der Waals surface area (Å²) >= 11 is 0. The lowest BCUT2D eigenvalue weighted by Gasteiger charge is -1.74. The quantitative estimate of drug-likeness (QED) is 0.502. The molecule has 12 heavy (non-hydrogen) atoms. The minimum atomic E-state index is -1.26. The van der Waals surface area contributed by atoms with Crippen LogP contribution in [0.15, 0.2) is 12.2 Å². The second-order valence-electron chi connectivity index (χ2n) is 1.53. The van der Waals surface area contributed by atoms with Crippen LogP contribution in [0, 0.1) is 0 Å². The first-order valence-corrected chi connectivity index (χ1v) is 2.69. The Bertz CT molecular complexity index is 184. The molecule has 0 aromatic heterocycles. The molecule has 0 saturated carbocycles. The number of hydrogen-bond donors (Lipinski definition) is 3. The van der Waals surface area contributed by atoms with Gasteiger partial charge in [-0.25, -0.2) is 9.59 Å². The van der Waals surface area contributed by atoms with Gasteiger partial charge in [0.05, 0.1) is 0 Å². The molecule has 6 nitrogen and oxygen atoms in total. The molecule has 68 valence electrons. The maximum atomic E-state index is 9.55. The molecule has 0 saturated heterocycles. The van der Waals surface area contributed by atoms with Gasteiger partial charge in [-0.05, 0) is 0 Å². The van der Waals surface area contributed by atoms with Crippen LogP contribution in [-0.2, 0) is 14.4 Å². The number of rotatable bonds is 2. The van der Waals surface area contributed by atoms with E-state index in [4.69, 9.17) is 20.1 Å². The van der Waals surface area contributed by atoms with E-state index in [1.807, 2.05) is 0 Å². The lowest BCUT2D eigenvalue weighted by atomic mass is 10.5. The van der Waals surface area contributed by atoms with Crippen LogP contribution in [-0.4, -0.2) is 33.2 Å². The Morgan fingerprint density at radius 3 is 1.17 bits per heavy atom. The Balaban J connectivity index is 0. The van der Waals surface area contributed by atoms with Crippen molar-refractivity contribution in [2.45, 2.75) is 6.92 Å². The van der Waals surface area contributed by atoms with Crippen molar-refractivity contribution in [3.63, 3.8) is 0 Å². The molecule has 0 heterocycles. The fraction of sp³-hybridized carbons (Fsp3) is 0.167.